The van der Waals surface area contributed by atoms with Crippen LogP contribution in [-0.4, -0.2) is 8.42 Å². The second-order valence-electron chi connectivity index (χ2n) is 5.46. The summed E-state index contributed by atoms with van der Waals surface area (Å²) >= 11 is 6.84. The number of para-hydroxylation sites is 1. The zero-order chi connectivity index (χ0) is 15.0. The normalized spacial score (nSPS) is 12.4. The maximum Gasteiger partial charge on any atom is 0.271 e. The van der Waals surface area contributed by atoms with Crippen LogP contribution in [0.3, 0.4) is 0 Å². The third-order valence-corrected chi connectivity index (χ3v) is 5.88. The molecule has 0 radical (unpaired) electrons. The molecule has 0 fully saturated rings. The molecular weight excluding hydrogens is 314 g/mol. The first-order valence-corrected chi connectivity index (χ1v) is 8.75. The number of hydrogen-bond donors (Lipinski definition) is 1. The van der Waals surface area contributed by atoms with Crippen LogP contribution < -0.4 is 4.72 Å². The maximum absolute atomic E-state index is 12.3. The van der Waals surface area contributed by atoms with Gasteiger partial charge in [-0.1, -0.05) is 50.6 Å². The monoisotopic (exact) mass is 329 g/mol. The molecule has 1 aromatic heterocycles. The zero-order valence-corrected chi connectivity index (χ0v) is 13.9. The van der Waals surface area contributed by atoms with Crippen molar-refractivity contribution in [1.82, 2.24) is 0 Å². The summed E-state index contributed by atoms with van der Waals surface area (Å²) < 4.78 is 28.0. The SMILES string of the molecule is CC(C)(C)c1ccccc1NS(=O)(=O)c1ccc(Cl)s1. The average Bonchev–Trinajstić information content (AvgIpc) is 2.75. The first kappa shape index (κ1) is 15.4. The smallest absolute Gasteiger partial charge is 0.271 e. The summed E-state index contributed by atoms with van der Waals surface area (Å²) in [4.78, 5) is 0. The minimum atomic E-state index is -3.59. The van der Waals surface area contributed by atoms with Gasteiger partial charge in [0.1, 0.15) is 4.21 Å². The van der Waals surface area contributed by atoms with E-state index < -0.39 is 10.0 Å². The van der Waals surface area contributed by atoms with Crippen molar-refractivity contribution in [3.05, 3.63) is 46.3 Å². The van der Waals surface area contributed by atoms with Gasteiger partial charge >= 0.3 is 0 Å². The number of anilines is 1. The molecule has 0 aliphatic carbocycles. The fraction of sp³-hybridized carbons (Fsp3) is 0.286. The molecular formula is C14H16ClNO2S2. The van der Waals surface area contributed by atoms with Crippen molar-refractivity contribution in [3.63, 3.8) is 0 Å². The topological polar surface area (TPSA) is 46.2 Å². The minimum absolute atomic E-state index is 0.147. The molecule has 0 atom stereocenters. The van der Waals surface area contributed by atoms with Gasteiger partial charge in [-0.3, -0.25) is 4.72 Å². The molecule has 1 heterocycles. The van der Waals surface area contributed by atoms with Crippen LogP contribution in [0.5, 0.6) is 0 Å². The summed E-state index contributed by atoms with van der Waals surface area (Å²) in [6, 6.07) is 10.5. The summed E-state index contributed by atoms with van der Waals surface area (Å²) in [7, 11) is -3.59. The van der Waals surface area contributed by atoms with Gasteiger partial charge in [-0.25, -0.2) is 8.42 Å². The van der Waals surface area contributed by atoms with Crippen LogP contribution in [0.1, 0.15) is 26.3 Å². The molecule has 0 amide bonds. The average molecular weight is 330 g/mol. The van der Waals surface area contributed by atoms with Crippen molar-refractivity contribution in [2.45, 2.75) is 30.4 Å². The first-order valence-electron chi connectivity index (χ1n) is 6.08. The van der Waals surface area contributed by atoms with E-state index in [1.54, 1.807) is 12.1 Å². The molecule has 0 saturated carbocycles. The van der Waals surface area contributed by atoms with Crippen LogP contribution in [0.25, 0.3) is 0 Å². The second-order valence-corrected chi connectivity index (χ2v) is 9.08. The molecule has 0 unspecified atom stereocenters. The van der Waals surface area contributed by atoms with Crippen molar-refractivity contribution in [2.24, 2.45) is 0 Å². The molecule has 0 bridgehead atoms. The number of benzene rings is 1. The van der Waals surface area contributed by atoms with Crippen LogP contribution in [0.2, 0.25) is 4.34 Å². The van der Waals surface area contributed by atoms with Crippen LogP contribution in [0.4, 0.5) is 5.69 Å². The van der Waals surface area contributed by atoms with Gasteiger partial charge in [0, 0.05) is 0 Å². The van der Waals surface area contributed by atoms with Gasteiger partial charge in [-0.05, 0) is 29.2 Å². The number of rotatable bonds is 3. The molecule has 3 nitrogen and oxygen atoms in total. The van der Waals surface area contributed by atoms with Gasteiger partial charge in [0.15, 0.2) is 0 Å². The second kappa shape index (κ2) is 5.39. The highest BCUT2D eigenvalue weighted by molar-refractivity contribution is 7.94. The molecule has 2 rings (SSSR count). The molecule has 108 valence electrons. The van der Waals surface area contributed by atoms with Crippen molar-refractivity contribution in [1.29, 1.82) is 0 Å². The Morgan fingerprint density at radius 3 is 2.30 bits per heavy atom. The van der Waals surface area contributed by atoms with E-state index in [4.69, 9.17) is 11.6 Å². The maximum atomic E-state index is 12.3. The van der Waals surface area contributed by atoms with E-state index in [1.165, 1.54) is 6.07 Å². The zero-order valence-electron chi connectivity index (χ0n) is 11.5. The van der Waals surface area contributed by atoms with Crippen molar-refractivity contribution in [2.75, 3.05) is 4.72 Å². The predicted molar refractivity (Wildman–Crippen MR) is 85.3 cm³/mol. The molecule has 2 aromatic rings. The van der Waals surface area contributed by atoms with E-state index in [-0.39, 0.29) is 9.62 Å². The molecule has 1 aromatic carbocycles. The van der Waals surface area contributed by atoms with Crippen molar-refractivity contribution in [3.8, 4) is 0 Å². The number of sulfonamides is 1. The van der Waals surface area contributed by atoms with Crippen LogP contribution in [0.15, 0.2) is 40.6 Å². The number of halogens is 1. The summed E-state index contributed by atoms with van der Waals surface area (Å²) in [5, 5.41) is 0. The quantitative estimate of drug-likeness (QED) is 0.901. The number of thiophene rings is 1. The van der Waals surface area contributed by atoms with E-state index >= 15 is 0 Å². The van der Waals surface area contributed by atoms with Gasteiger partial charge < -0.3 is 0 Å². The molecule has 20 heavy (non-hydrogen) atoms. The summed E-state index contributed by atoms with van der Waals surface area (Å²) in [5.41, 5.74) is 1.41. The largest absolute Gasteiger partial charge is 0.279 e. The van der Waals surface area contributed by atoms with Crippen LogP contribution in [-0.2, 0) is 15.4 Å². The third-order valence-electron chi connectivity index (χ3n) is 2.79. The van der Waals surface area contributed by atoms with E-state index in [1.807, 2.05) is 39.0 Å². The molecule has 0 aliphatic heterocycles. The first-order chi connectivity index (χ1) is 9.20. The Morgan fingerprint density at radius 1 is 1.10 bits per heavy atom. The number of nitrogens with one attached hydrogen (secondary N) is 1. The van der Waals surface area contributed by atoms with Crippen LogP contribution >= 0.6 is 22.9 Å². The Labute approximate surface area is 128 Å². The lowest BCUT2D eigenvalue weighted by atomic mass is 9.86. The van der Waals surface area contributed by atoms with Gasteiger partial charge in [-0.2, -0.15) is 0 Å². The van der Waals surface area contributed by atoms with Gasteiger partial charge in [0.05, 0.1) is 10.0 Å². The van der Waals surface area contributed by atoms with Gasteiger partial charge in [0.25, 0.3) is 10.0 Å². The minimum Gasteiger partial charge on any atom is -0.279 e. The standard InChI is InChI=1S/C14H16ClNO2S2/c1-14(2,3)10-6-4-5-7-11(10)16-20(17,18)13-9-8-12(15)19-13/h4-9,16H,1-3H3. The highest BCUT2D eigenvalue weighted by atomic mass is 35.5. The summed E-state index contributed by atoms with van der Waals surface area (Å²) in [6.07, 6.45) is 0. The highest BCUT2D eigenvalue weighted by Gasteiger charge is 2.22. The molecule has 6 heteroatoms. The Morgan fingerprint density at radius 2 is 1.75 bits per heavy atom. The van der Waals surface area contributed by atoms with Crippen LogP contribution in [0, 0.1) is 0 Å². The summed E-state index contributed by atoms with van der Waals surface area (Å²) in [5.74, 6) is 0. The number of hydrogen-bond acceptors (Lipinski definition) is 3. The third kappa shape index (κ3) is 3.34. The van der Waals surface area contributed by atoms with E-state index in [0.717, 1.165) is 16.9 Å². The Hall–Kier alpha value is -1.04. The van der Waals surface area contributed by atoms with E-state index in [9.17, 15) is 8.42 Å². The lowest BCUT2D eigenvalue weighted by Gasteiger charge is -2.23. The molecule has 1 N–H and O–H groups in total. The van der Waals surface area contributed by atoms with Crippen molar-refractivity contribution >= 4 is 38.6 Å². The lowest BCUT2D eigenvalue weighted by molar-refractivity contribution is 0.590. The van der Waals surface area contributed by atoms with Gasteiger partial charge in [0.2, 0.25) is 0 Å². The Bertz CT molecular complexity index is 715. The Kier molecular flexibility index (Phi) is 4.14. The Balaban J connectivity index is 2.40. The predicted octanol–water partition coefficient (Wildman–Crippen LogP) is 4.50. The van der Waals surface area contributed by atoms with Crippen molar-refractivity contribution < 1.29 is 8.42 Å². The lowest BCUT2D eigenvalue weighted by Crippen LogP contribution is -2.18. The fourth-order valence-electron chi connectivity index (χ4n) is 1.86. The molecule has 0 aliphatic rings. The highest BCUT2D eigenvalue weighted by Crippen LogP contribution is 2.32. The fourth-order valence-corrected chi connectivity index (χ4v) is 4.43. The molecule has 0 spiro atoms. The molecule has 0 saturated heterocycles. The van der Waals surface area contributed by atoms with Gasteiger partial charge in [-0.15, -0.1) is 11.3 Å². The van der Waals surface area contributed by atoms with E-state index in [0.29, 0.717) is 10.0 Å². The summed E-state index contributed by atoms with van der Waals surface area (Å²) in [6.45, 7) is 6.13. The van der Waals surface area contributed by atoms with E-state index in [2.05, 4.69) is 4.72 Å².